The molecular weight excluding hydrogens is 579 g/mol. The third-order valence-electron chi connectivity index (χ3n) is 5.42. The first-order valence-corrected chi connectivity index (χ1v) is 14.3. The number of carbonyl (C=O) groups is 2. The molecular formula is C28H29BrCl2N2O2S. The Morgan fingerprint density at radius 2 is 1.64 bits per heavy atom. The molecule has 0 unspecified atom stereocenters. The van der Waals surface area contributed by atoms with Gasteiger partial charge in [0.15, 0.2) is 0 Å². The van der Waals surface area contributed by atoms with Gasteiger partial charge >= 0.3 is 0 Å². The number of rotatable bonds is 11. The first-order valence-electron chi connectivity index (χ1n) is 11.6. The van der Waals surface area contributed by atoms with E-state index in [-0.39, 0.29) is 23.6 Å². The largest absolute Gasteiger partial charge is 0.352 e. The van der Waals surface area contributed by atoms with Crippen LogP contribution in [0.3, 0.4) is 0 Å². The van der Waals surface area contributed by atoms with Crippen LogP contribution in [0.5, 0.6) is 0 Å². The first kappa shape index (κ1) is 28.6. The lowest BCUT2D eigenvalue weighted by molar-refractivity contribution is -0.139. The summed E-state index contributed by atoms with van der Waals surface area (Å²) in [6, 6.07) is 22.4. The molecule has 0 saturated carbocycles. The topological polar surface area (TPSA) is 49.4 Å². The molecule has 0 aliphatic heterocycles. The van der Waals surface area contributed by atoms with E-state index in [0.29, 0.717) is 28.8 Å². The van der Waals surface area contributed by atoms with Gasteiger partial charge in [-0.1, -0.05) is 87.7 Å². The molecule has 3 aromatic rings. The van der Waals surface area contributed by atoms with Gasteiger partial charge in [0.1, 0.15) is 6.04 Å². The molecule has 0 radical (unpaired) electrons. The van der Waals surface area contributed by atoms with E-state index >= 15 is 0 Å². The molecule has 0 heterocycles. The van der Waals surface area contributed by atoms with Crippen molar-refractivity contribution < 1.29 is 9.59 Å². The number of amides is 2. The number of carbonyl (C=O) groups excluding carboxylic acids is 2. The van der Waals surface area contributed by atoms with Gasteiger partial charge in [0.2, 0.25) is 11.8 Å². The number of hydrogen-bond donors (Lipinski definition) is 1. The van der Waals surface area contributed by atoms with E-state index in [0.717, 1.165) is 21.2 Å². The Labute approximate surface area is 235 Å². The van der Waals surface area contributed by atoms with E-state index in [1.54, 1.807) is 11.0 Å². The van der Waals surface area contributed by atoms with Crippen LogP contribution in [-0.4, -0.2) is 34.6 Å². The maximum Gasteiger partial charge on any atom is 0.243 e. The van der Waals surface area contributed by atoms with E-state index in [2.05, 4.69) is 21.2 Å². The molecule has 4 nitrogen and oxygen atoms in total. The predicted molar refractivity (Wildman–Crippen MR) is 155 cm³/mol. The minimum Gasteiger partial charge on any atom is -0.352 e. The van der Waals surface area contributed by atoms with Gasteiger partial charge in [-0.2, -0.15) is 0 Å². The minimum absolute atomic E-state index is 0.0392. The fourth-order valence-corrected chi connectivity index (χ4v) is 5.36. The Hall–Kier alpha value is -1.99. The quantitative estimate of drug-likeness (QED) is 0.252. The Bertz CT molecular complexity index is 1180. The van der Waals surface area contributed by atoms with Crippen LogP contribution in [0.1, 0.15) is 30.5 Å². The number of thioether (sulfide) groups is 1. The highest BCUT2D eigenvalue weighted by atomic mass is 79.9. The molecule has 3 aromatic carbocycles. The molecule has 36 heavy (non-hydrogen) atoms. The molecule has 0 bridgehead atoms. The second kappa shape index (κ2) is 14.1. The molecule has 1 N–H and O–H groups in total. The second-order valence-electron chi connectivity index (χ2n) is 8.76. The van der Waals surface area contributed by atoms with Crippen molar-refractivity contribution in [2.75, 3.05) is 5.75 Å². The zero-order valence-corrected chi connectivity index (χ0v) is 24.1. The molecule has 0 spiro atoms. The standard InChI is InChI=1S/C28H29BrCl2N2O2S/c1-19(2)32-28(35)26(15-20-7-4-3-5-8-20)33(16-21-9-6-10-23(29)13-21)27(34)18-36-17-22-11-12-24(30)25(31)14-22/h3-14,19,26H,15-18H2,1-2H3,(H,32,35)/t26-/m0/s1. The van der Waals surface area contributed by atoms with Crippen molar-refractivity contribution in [3.8, 4) is 0 Å². The van der Waals surface area contributed by atoms with Gasteiger partial charge in [0.05, 0.1) is 15.8 Å². The minimum atomic E-state index is -0.646. The summed E-state index contributed by atoms with van der Waals surface area (Å²) in [7, 11) is 0. The average molecular weight is 608 g/mol. The van der Waals surface area contributed by atoms with E-state index < -0.39 is 6.04 Å². The lowest BCUT2D eigenvalue weighted by Gasteiger charge is -2.32. The van der Waals surface area contributed by atoms with Crippen LogP contribution >= 0.6 is 50.9 Å². The molecule has 1 atom stereocenters. The third kappa shape index (κ3) is 8.84. The Morgan fingerprint density at radius 3 is 2.31 bits per heavy atom. The number of benzene rings is 3. The maximum absolute atomic E-state index is 13.6. The first-order chi connectivity index (χ1) is 17.2. The zero-order valence-electron chi connectivity index (χ0n) is 20.2. The van der Waals surface area contributed by atoms with Crippen LogP contribution in [-0.2, 0) is 28.3 Å². The summed E-state index contributed by atoms with van der Waals surface area (Å²) in [5.41, 5.74) is 2.93. The van der Waals surface area contributed by atoms with Gasteiger partial charge < -0.3 is 10.2 Å². The molecule has 3 rings (SSSR count). The van der Waals surface area contributed by atoms with Crippen molar-refractivity contribution in [2.24, 2.45) is 0 Å². The van der Waals surface area contributed by atoms with Gasteiger partial charge in [-0.25, -0.2) is 0 Å². The highest BCUT2D eigenvalue weighted by Crippen LogP contribution is 2.25. The summed E-state index contributed by atoms with van der Waals surface area (Å²) in [5, 5.41) is 4.01. The summed E-state index contributed by atoms with van der Waals surface area (Å²) in [5.74, 6) is 0.579. The van der Waals surface area contributed by atoms with Crippen molar-refractivity contribution in [2.45, 2.75) is 44.6 Å². The summed E-state index contributed by atoms with van der Waals surface area (Å²) in [6.45, 7) is 4.17. The fraction of sp³-hybridized carbons (Fsp3) is 0.286. The third-order valence-corrected chi connectivity index (χ3v) is 7.64. The average Bonchev–Trinajstić information content (AvgIpc) is 2.83. The van der Waals surface area contributed by atoms with Gasteiger partial charge in [-0.15, -0.1) is 11.8 Å². The molecule has 0 aromatic heterocycles. The van der Waals surface area contributed by atoms with Gasteiger partial charge in [-0.05, 0) is 54.8 Å². The molecule has 0 aliphatic carbocycles. The van der Waals surface area contributed by atoms with Crippen molar-refractivity contribution in [3.63, 3.8) is 0 Å². The van der Waals surface area contributed by atoms with Crippen molar-refractivity contribution >= 4 is 62.7 Å². The summed E-state index contributed by atoms with van der Waals surface area (Å²) >= 11 is 17.2. The maximum atomic E-state index is 13.6. The van der Waals surface area contributed by atoms with E-state index in [1.165, 1.54) is 11.8 Å². The van der Waals surface area contributed by atoms with Crippen LogP contribution in [0.4, 0.5) is 0 Å². The van der Waals surface area contributed by atoms with Crippen LogP contribution in [0.2, 0.25) is 10.0 Å². The highest BCUT2D eigenvalue weighted by Gasteiger charge is 2.30. The fourth-order valence-electron chi connectivity index (χ4n) is 3.74. The number of nitrogens with zero attached hydrogens (tertiary/aromatic N) is 1. The van der Waals surface area contributed by atoms with E-state index in [9.17, 15) is 9.59 Å². The van der Waals surface area contributed by atoms with Crippen LogP contribution in [0.25, 0.3) is 0 Å². The van der Waals surface area contributed by atoms with Crippen LogP contribution in [0.15, 0.2) is 77.3 Å². The lowest BCUT2D eigenvalue weighted by atomic mass is 10.0. The normalized spacial score (nSPS) is 11.8. The number of nitrogens with one attached hydrogen (secondary N) is 1. The lowest BCUT2D eigenvalue weighted by Crippen LogP contribution is -2.52. The van der Waals surface area contributed by atoms with Gasteiger partial charge in [0, 0.05) is 29.2 Å². The zero-order chi connectivity index (χ0) is 26.1. The number of hydrogen-bond acceptors (Lipinski definition) is 3. The van der Waals surface area contributed by atoms with Crippen LogP contribution in [0, 0.1) is 0 Å². The van der Waals surface area contributed by atoms with Gasteiger partial charge in [-0.3, -0.25) is 9.59 Å². The molecule has 190 valence electrons. The monoisotopic (exact) mass is 606 g/mol. The molecule has 2 amide bonds. The van der Waals surface area contributed by atoms with Crippen molar-refractivity contribution in [1.29, 1.82) is 0 Å². The smallest absolute Gasteiger partial charge is 0.243 e. The van der Waals surface area contributed by atoms with Gasteiger partial charge in [0.25, 0.3) is 0 Å². The van der Waals surface area contributed by atoms with E-state index in [4.69, 9.17) is 23.2 Å². The molecule has 8 heteroatoms. The Kier molecular flexibility index (Phi) is 11.2. The Morgan fingerprint density at radius 1 is 0.917 bits per heavy atom. The second-order valence-corrected chi connectivity index (χ2v) is 11.5. The predicted octanol–water partition coefficient (Wildman–Crippen LogP) is 7.15. The Balaban J connectivity index is 1.84. The van der Waals surface area contributed by atoms with E-state index in [1.807, 2.05) is 80.6 Å². The van der Waals surface area contributed by atoms with Crippen molar-refractivity contribution in [3.05, 3.63) is 104 Å². The van der Waals surface area contributed by atoms with Crippen LogP contribution < -0.4 is 5.32 Å². The molecule has 0 saturated heterocycles. The SMILES string of the molecule is CC(C)NC(=O)[C@H](Cc1ccccc1)N(Cc1cccc(Br)c1)C(=O)CSCc1ccc(Cl)c(Cl)c1. The summed E-state index contributed by atoms with van der Waals surface area (Å²) < 4.78 is 0.924. The summed E-state index contributed by atoms with van der Waals surface area (Å²) in [4.78, 5) is 28.7. The molecule has 0 fully saturated rings. The molecule has 0 aliphatic rings. The summed E-state index contributed by atoms with van der Waals surface area (Å²) in [6.07, 6.45) is 0.427. The highest BCUT2D eigenvalue weighted by molar-refractivity contribution is 9.10. The number of halogens is 3. The van der Waals surface area contributed by atoms with Crippen molar-refractivity contribution in [1.82, 2.24) is 10.2 Å².